The summed E-state index contributed by atoms with van der Waals surface area (Å²) in [5, 5.41) is 0. The summed E-state index contributed by atoms with van der Waals surface area (Å²) in [7, 11) is 0. The first-order valence-corrected chi connectivity index (χ1v) is 6.86. The maximum atomic E-state index is 5.95. The highest BCUT2D eigenvalue weighted by atomic mass is 16.5. The van der Waals surface area contributed by atoms with Gasteiger partial charge in [0.1, 0.15) is 0 Å². The van der Waals surface area contributed by atoms with Crippen LogP contribution in [0.25, 0.3) is 0 Å². The molecule has 1 aromatic rings. The van der Waals surface area contributed by atoms with Gasteiger partial charge in [0.25, 0.3) is 0 Å². The van der Waals surface area contributed by atoms with Crippen LogP contribution < -0.4 is 5.73 Å². The van der Waals surface area contributed by atoms with Gasteiger partial charge in [0.05, 0.1) is 12.2 Å². The predicted octanol–water partition coefficient (Wildman–Crippen LogP) is 2.31. The minimum absolute atomic E-state index is 0.357. The van der Waals surface area contributed by atoms with Crippen LogP contribution >= 0.6 is 0 Å². The number of para-hydroxylation sites is 1. The summed E-state index contributed by atoms with van der Waals surface area (Å²) in [6.45, 7) is 7.53. The summed E-state index contributed by atoms with van der Waals surface area (Å²) in [6.07, 6.45) is 2.94. The second-order valence-corrected chi connectivity index (χ2v) is 5.32. The van der Waals surface area contributed by atoms with Crippen LogP contribution in [0.2, 0.25) is 0 Å². The molecule has 0 bridgehead atoms. The van der Waals surface area contributed by atoms with Crippen LogP contribution in [0, 0.1) is 0 Å². The summed E-state index contributed by atoms with van der Waals surface area (Å²) in [4.78, 5) is 2.50. The van der Waals surface area contributed by atoms with E-state index in [1.165, 1.54) is 5.56 Å². The van der Waals surface area contributed by atoms with Crippen molar-refractivity contribution in [2.75, 3.05) is 25.4 Å². The first-order chi connectivity index (χ1) is 8.65. The highest BCUT2D eigenvalue weighted by Gasteiger charge is 2.21. The molecule has 0 saturated carbocycles. The Morgan fingerprint density at radius 1 is 1.22 bits per heavy atom. The largest absolute Gasteiger partial charge is 0.399 e. The Morgan fingerprint density at radius 2 is 1.89 bits per heavy atom. The molecule has 1 saturated heterocycles. The van der Waals surface area contributed by atoms with Crippen molar-refractivity contribution in [1.29, 1.82) is 0 Å². The van der Waals surface area contributed by atoms with E-state index in [2.05, 4.69) is 30.9 Å². The highest BCUT2D eigenvalue weighted by molar-refractivity contribution is 5.46. The Labute approximate surface area is 110 Å². The molecular formula is C15H24N2O. The number of anilines is 1. The summed E-state index contributed by atoms with van der Waals surface area (Å²) >= 11 is 0. The lowest BCUT2D eigenvalue weighted by Crippen LogP contribution is -2.45. The van der Waals surface area contributed by atoms with Crippen molar-refractivity contribution in [3.63, 3.8) is 0 Å². The van der Waals surface area contributed by atoms with Gasteiger partial charge in [-0.05, 0) is 44.9 Å². The second-order valence-electron chi connectivity index (χ2n) is 5.32. The van der Waals surface area contributed by atoms with Crippen molar-refractivity contribution in [2.24, 2.45) is 0 Å². The van der Waals surface area contributed by atoms with Crippen molar-refractivity contribution in [1.82, 2.24) is 4.90 Å². The molecule has 0 radical (unpaired) electrons. The van der Waals surface area contributed by atoms with Crippen LogP contribution in [-0.2, 0) is 11.2 Å². The van der Waals surface area contributed by atoms with E-state index in [1.54, 1.807) is 0 Å². The van der Waals surface area contributed by atoms with Gasteiger partial charge >= 0.3 is 0 Å². The first-order valence-electron chi connectivity index (χ1n) is 6.86. The van der Waals surface area contributed by atoms with Crippen molar-refractivity contribution in [3.05, 3.63) is 29.8 Å². The molecule has 0 spiro atoms. The molecule has 1 aliphatic rings. The number of hydrogen-bond acceptors (Lipinski definition) is 3. The lowest BCUT2D eigenvalue weighted by atomic mass is 10.1. The summed E-state index contributed by atoms with van der Waals surface area (Å²) in [6, 6.07) is 8.16. The number of nitrogen functional groups attached to an aromatic ring is 1. The van der Waals surface area contributed by atoms with Gasteiger partial charge in [-0.3, -0.25) is 4.90 Å². The Balaban J connectivity index is 1.77. The molecule has 0 aromatic heterocycles. The molecule has 2 rings (SSSR count). The van der Waals surface area contributed by atoms with E-state index in [0.29, 0.717) is 12.2 Å². The molecule has 1 aliphatic heterocycles. The molecule has 0 amide bonds. The number of nitrogens with zero attached hydrogens (tertiary/aromatic N) is 1. The van der Waals surface area contributed by atoms with Crippen LogP contribution in [0.1, 0.15) is 25.8 Å². The number of hydrogen-bond donors (Lipinski definition) is 1. The number of ether oxygens (including phenoxy) is 1. The predicted molar refractivity (Wildman–Crippen MR) is 75.6 cm³/mol. The second kappa shape index (κ2) is 6.21. The molecule has 0 aliphatic carbocycles. The molecule has 2 unspecified atom stereocenters. The zero-order chi connectivity index (χ0) is 13.0. The Hall–Kier alpha value is -1.06. The van der Waals surface area contributed by atoms with E-state index in [9.17, 15) is 0 Å². The molecule has 3 heteroatoms. The third kappa shape index (κ3) is 3.72. The van der Waals surface area contributed by atoms with E-state index >= 15 is 0 Å². The zero-order valence-electron chi connectivity index (χ0n) is 11.4. The van der Waals surface area contributed by atoms with Crippen LogP contribution in [0.4, 0.5) is 5.69 Å². The maximum Gasteiger partial charge on any atom is 0.0678 e. The third-order valence-corrected chi connectivity index (χ3v) is 3.47. The summed E-state index contributed by atoms with van der Waals surface area (Å²) < 4.78 is 5.74. The summed E-state index contributed by atoms with van der Waals surface area (Å²) in [5.74, 6) is 0. The minimum atomic E-state index is 0.357. The number of rotatable bonds is 4. The van der Waals surface area contributed by atoms with E-state index in [0.717, 1.165) is 38.2 Å². The van der Waals surface area contributed by atoms with Crippen molar-refractivity contribution < 1.29 is 4.74 Å². The van der Waals surface area contributed by atoms with E-state index in [4.69, 9.17) is 10.5 Å². The molecule has 1 heterocycles. The standard InChI is InChI=1S/C15H24N2O/c1-12-10-17(11-13(2)18-12)9-5-7-14-6-3-4-8-15(14)16/h3-4,6,8,12-13H,5,7,9-11,16H2,1-2H3. The smallest absolute Gasteiger partial charge is 0.0678 e. The molecule has 100 valence electrons. The topological polar surface area (TPSA) is 38.5 Å². The van der Waals surface area contributed by atoms with Crippen LogP contribution in [0.5, 0.6) is 0 Å². The monoisotopic (exact) mass is 248 g/mol. The Bertz CT molecular complexity index is 371. The number of aryl methyl sites for hydroxylation is 1. The van der Waals surface area contributed by atoms with Gasteiger partial charge in [-0.25, -0.2) is 0 Å². The lowest BCUT2D eigenvalue weighted by Gasteiger charge is -2.35. The number of benzene rings is 1. The Kier molecular flexibility index (Phi) is 4.61. The molecule has 3 nitrogen and oxygen atoms in total. The fraction of sp³-hybridized carbons (Fsp3) is 0.600. The van der Waals surface area contributed by atoms with Crippen molar-refractivity contribution >= 4 is 5.69 Å². The zero-order valence-corrected chi connectivity index (χ0v) is 11.4. The van der Waals surface area contributed by atoms with Gasteiger partial charge in [0.15, 0.2) is 0 Å². The van der Waals surface area contributed by atoms with E-state index in [1.807, 2.05) is 12.1 Å². The van der Waals surface area contributed by atoms with Gasteiger partial charge in [0, 0.05) is 18.8 Å². The van der Waals surface area contributed by atoms with Gasteiger partial charge in [-0.2, -0.15) is 0 Å². The van der Waals surface area contributed by atoms with Crippen molar-refractivity contribution in [2.45, 2.75) is 38.9 Å². The Morgan fingerprint density at radius 3 is 2.56 bits per heavy atom. The SMILES string of the molecule is CC1CN(CCCc2ccccc2N)CC(C)O1. The van der Waals surface area contributed by atoms with Gasteiger partial charge in [-0.15, -0.1) is 0 Å². The average molecular weight is 248 g/mol. The van der Waals surface area contributed by atoms with Gasteiger partial charge in [-0.1, -0.05) is 18.2 Å². The van der Waals surface area contributed by atoms with E-state index in [-0.39, 0.29) is 0 Å². The fourth-order valence-corrected chi connectivity index (χ4v) is 2.72. The fourth-order valence-electron chi connectivity index (χ4n) is 2.72. The van der Waals surface area contributed by atoms with E-state index < -0.39 is 0 Å². The minimum Gasteiger partial charge on any atom is -0.399 e. The molecule has 2 N–H and O–H groups in total. The molecule has 1 aromatic carbocycles. The van der Waals surface area contributed by atoms with Gasteiger partial charge < -0.3 is 10.5 Å². The normalized spacial score (nSPS) is 25.2. The quantitative estimate of drug-likeness (QED) is 0.831. The van der Waals surface area contributed by atoms with Crippen molar-refractivity contribution in [3.8, 4) is 0 Å². The van der Waals surface area contributed by atoms with Crippen LogP contribution in [-0.4, -0.2) is 36.7 Å². The first kappa shape index (κ1) is 13.4. The molecule has 18 heavy (non-hydrogen) atoms. The average Bonchev–Trinajstić information content (AvgIpc) is 2.30. The molecule has 2 atom stereocenters. The van der Waals surface area contributed by atoms with Gasteiger partial charge in [0.2, 0.25) is 0 Å². The molecular weight excluding hydrogens is 224 g/mol. The lowest BCUT2D eigenvalue weighted by molar-refractivity contribution is -0.0680. The summed E-state index contributed by atoms with van der Waals surface area (Å²) in [5.41, 5.74) is 8.14. The third-order valence-electron chi connectivity index (χ3n) is 3.47. The van der Waals surface area contributed by atoms with Crippen LogP contribution in [0.15, 0.2) is 24.3 Å². The highest BCUT2D eigenvalue weighted by Crippen LogP contribution is 2.15. The molecule has 1 fully saturated rings. The maximum absolute atomic E-state index is 5.95. The number of morpholine rings is 1. The van der Waals surface area contributed by atoms with Crippen LogP contribution in [0.3, 0.4) is 0 Å². The number of nitrogens with two attached hydrogens (primary N) is 1.